The Morgan fingerprint density at radius 2 is 1.97 bits per heavy atom. The summed E-state index contributed by atoms with van der Waals surface area (Å²) in [6, 6.07) is 9.86. The van der Waals surface area contributed by atoms with Crippen LogP contribution in [0.3, 0.4) is 0 Å². The summed E-state index contributed by atoms with van der Waals surface area (Å²) in [4.78, 5) is 13.0. The summed E-state index contributed by atoms with van der Waals surface area (Å²) in [6.07, 6.45) is -2.91. The smallest absolute Gasteiger partial charge is 0.417 e. The summed E-state index contributed by atoms with van der Waals surface area (Å²) in [6.45, 7) is 9.23. The highest BCUT2D eigenvalue weighted by Crippen LogP contribution is 2.36. The van der Waals surface area contributed by atoms with Gasteiger partial charge in [0.1, 0.15) is 11.5 Å². The van der Waals surface area contributed by atoms with E-state index in [1.165, 1.54) is 24.3 Å². The summed E-state index contributed by atoms with van der Waals surface area (Å²) in [5.41, 5.74) is 5.34. The van der Waals surface area contributed by atoms with Gasteiger partial charge < -0.3 is 10.5 Å². The Morgan fingerprint density at radius 1 is 1.27 bits per heavy atom. The Bertz CT molecular complexity index is 1010. The van der Waals surface area contributed by atoms with Gasteiger partial charge in [-0.25, -0.2) is 0 Å². The van der Waals surface area contributed by atoms with Crippen molar-refractivity contribution in [2.75, 3.05) is 6.54 Å². The van der Waals surface area contributed by atoms with Crippen LogP contribution in [0.25, 0.3) is 0 Å². The van der Waals surface area contributed by atoms with Crippen LogP contribution in [0.1, 0.15) is 34.8 Å². The van der Waals surface area contributed by atoms with Crippen molar-refractivity contribution >= 4 is 5.78 Å². The molecule has 2 rings (SSSR count). The van der Waals surface area contributed by atoms with Crippen molar-refractivity contribution in [3.8, 4) is 23.3 Å². The number of ketones is 1. The highest BCUT2D eigenvalue weighted by Gasteiger charge is 2.34. The summed E-state index contributed by atoms with van der Waals surface area (Å²) >= 11 is 0. The number of halogens is 3. The van der Waals surface area contributed by atoms with Crippen molar-refractivity contribution in [1.82, 2.24) is 0 Å². The van der Waals surface area contributed by atoms with Crippen LogP contribution in [-0.4, -0.2) is 12.3 Å². The molecule has 30 heavy (non-hydrogen) atoms. The van der Waals surface area contributed by atoms with E-state index in [9.17, 15) is 18.0 Å². The van der Waals surface area contributed by atoms with Crippen molar-refractivity contribution in [2.24, 2.45) is 11.7 Å². The fraction of sp³-hybridized carbons (Fsp3) is 0.208. The van der Waals surface area contributed by atoms with Crippen molar-refractivity contribution in [2.45, 2.75) is 19.5 Å². The number of carbonyl (C=O) groups excluding carboxylic acids is 1. The number of Topliss-reactive ketones (excluding diaryl/α,β-unsaturated/α-hetero) is 1. The van der Waals surface area contributed by atoms with E-state index < -0.39 is 17.7 Å². The molecule has 0 fully saturated rings. The number of ether oxygens (including phenoxy) is 1. The van der Waals surface area contributed by atoms with Gasteiger partial charge in [0, 0.05) is 18.0 Å². The van der Waals surface area contributed by atoms with Gasteiger partial charge >= 0.3 is 6.18 Å². The zero-order valence-electron chi connectivity index (χ0n) is 16.6. The molecule has 0 heterocycles. The van der Waals surface area contributed by atoms with Gasteiger partial charge in [-0.1, -0.05) is 49.6 Å². The minimum absolute atomic E-state index is 0.0579. The molecule has 1 atom stereocenters. The lowest BCUT2D eigenvalue weighted by Crippen LogP contribution is -2.21. The largest absolute Gasteiger partial charge is 0.457 e. The van der Waals surface area contributed by atoms with Crippen LogP contribution < -0.4 is 10.5 Å². The van der Waals surface area contributed by atoms with Crippen LogP contribution in [0.5, 0.6) is 11.5 Å². The zero-order valence-corrected chi connectivity index (χ0v) is 16.6. The second kappa shape index (κ2) is 9.95. The zero-order chi connectivity index (χ0) is 22.3. The number of hydrogen-bond acceptors (Lipinski definition) is 3. The van der Waals surface area contributed by atoms with Crippen LogP contribution in [0.15, 0.2) is 67.3 Å². The number of carbonyl (C=O) groups is 1. The van der Waals surface area contributed by atoms with Crippen LogP contribution in [-0.2, 0) is 6.18 Å². The van der Waals surface area contributed by atoms with Gasteiger partial charge in [-0.3, -0.25) is 4.79 Å². The normalized spacial score (nSPS) is 11.8. The molecule has 0 spiro atoms. The van der Waals surface area contributed by atoms with E-state index >= 15 is 0 Å². The fourth-order valence-electron chi connectivity index (χ4n) is 2.93. The molecule has 2 N–H and O–H groups in total. The third-order valence-corrected chi connectivity index (χ3v) is 4.47. The Balaban J connectivity index is 2.46. The van der Waals surface area contributed by atoms with Crippen molar-refractivity contribution in [3.05, 3.63) is 84.0 Å². The lowest BCUT2D eigenvalue weighted by atomic mass is 9.89. The van der Waals surface area contributed by atoms with Gasteiger partial charge in [-0.15, -0.1) is 0 Å². The highest BCUT2D eigenvalue weighted by molar-refractivity contribution is 6.01. The van der Waals surface area contributed by atoms with Crippen molar-refractivity contribution in [3.63, 3.8) is 0 Å². The first-order chi connectivity index (χ1) is 14.2. The molecular weight excluding hydrogens is 391 g/mol. The van der Waals surface area contributed by atoms with E-state index in [-0.39, 0.29) is 35.0 Å². The molecule has 0 saturated heterocycles. The number of benzene rings is 2. The molecule has 0 aliphatic rings. The standard InChI is InChI=1S/C24H22F3NO2/c1-4-6-9-17-12-13-18(14-21(17)24(25,26)27)30-22-11-8-7-10-20(22)23(29)19(5-2)16(3)15-28/h4,7-8,10-14,19H,1,3,5,15,28H2,2H3. The SMILES string of the molecule is C=CC#Cc1ccc(Oc2ccccc2C(=O)C(CC)C(=C)CN)cc1C(F)(F)F. The van der Waals surface area contributed by atoms with Crippen LogP contribution in [0, 0.1) is 17.8 Å². The van der Waals surface area contributed by atoms with Crippen LogP contribution in [0.2, 0.25) is 0 Å². The third-order valence-electron chi connectivity index (χ3n) is 4.47. The van der Waals surface area contributed by atoms with Gasteiger partial charge in [0.2, 0.25) is 0 Å². The molecule has 0 aliphatic carbocycles. The minimum Gasteiger partial charge on any atom is -0.457 e. The Hall–Kier alpha value is -3.30. The molecule has 156 valence electrons. The number of alkyl halides is 3. The molecule has 0 amide bonds. The number of rotatable bonds is 7. The van der Waals surface area contributed by atoms with Crippen LogP contribution >= 0.6 is 0 Å². The van der Waals surface area contributed by atoms with E-state index in [1.807, 2.05) is 6.92 Å². The Kier molecular flexibility index (Phi) is 7.62. The van der Waals surface area contributed by atoms with Gasteiger partial charge in [-0.2, -0.15) is 13.2 Å². The molecule has 0 aliphatic heterocycles. The maximum absolute atomic E-state index is 13.5. The predicted octanol–water partition coefficient (Wildman–Crippen LogP) is 5.76. The lowest BCUT2D eigenvalue weighted by Gasteiger charge is -2.18. The van der Waals surface area contributed by atoms with E-state index in [0.29, 0.717) is 12.0 Å². The van der Waals surface area contributed by atoms with Gasteiger partial charge in [0.15, 0.2) is 5.78 Å². The monoisotopic (exact) mass is 413 g/mol. The number of hydrogen-bond donors (Lipinski definition) is 1. The van der Waals surface area contributed by atoms with Crippen LogP contribution in [0.4, 0.5) is 13.2 Å². The molecule has 2 aromatic rings. The van der Waals surface area contributed by atoms with Gasteiger partial charge in [0.25, 0.3) is 0 Å². The fourth-order valence-corrected chi connectivity index (χ4v) is 2.93. The maximum Gasteiger partial charge on any atom is 0.417 e. The van der Waals surface area contributed by atoms with E-state index in [4.69, 9.17) is 10.5 Å². The number of nitrogens with two attached hydrogens (primary N) is 1. The van der Waals surface area contributed by atoms with Crippen molar-refractivity contribution < 1.29 is 22.7 Å². The molecule has 1 unspecified atom stereocenters. The molecule has 3 nitrogen and oxygen atoms in total. The first kappa shape index (κ1) is 23.0. The topological polar surface area (TPSA) is 52.3 Å². The van der Waals surface area contributed by atoms with Gasteiger partial charge in [0.05, 0.1) is 11.1 Å². The predicted molar refractivity (Wildman–Crippen MR) is 111 cm³/mol. The summed E-state index contributed by atoms with van der Waals surface area (Å²) in [7, 11) is 0. The average molecular weight is 413 g/mol. The molecule has 0 radical (unpaired) electrons. The molecule has 2 aromatic carbocycles. The molecule has 0 saturated carbocycles. The minimum atomic E-state index is -4.62. The number of allylic oxidation sites excluding steroid dienone is 1. The van der Waals surface area contributed by atoms with E-state index in [1.54, 1.807) is 18.2 Å². The summed E-state index contributed by atoms with van der Waals surface area (Å²) < 4.78 is 46.1. The van der Waals surface area contributed by atoms with Gasteiger partial charge in [-0.05, 0) is 42.8 Å². The summed E-state index contributed by atoms with van der Waals surface area (Å²) in [5.74, 6) is 4.19. The molecule has 0 bridgehead atoms. The first-order valence-electron chi connectivity index (χ1n) is 9.25. The quantitative estimate of drug-likeness (QED) is 0.357. The maximum atomic E-state index is 13.5. The Labute approximate surface area is 174 Å². The third kappa shape index (κ3) is 5.40. The van der Waals surface area contributed by atoms with E-state index in [2.05, 4.69) is 25.0 Å². The van der Waals surface area contributed by atoms with Crippen molar-refractivity contribution in [1.29, 1.82) is 0 Å². The first-order valence-corrected chi connectivity index (χ1v) is 9.25. The second-order valence-corrected chi connectivity index (χ2v) is 6.46. The lowest BCUT2D eigenvalue weighted by molar-refractivity contribution is -0.137. The Morgan fingerprint density at radius 3 is 2.57 bits per heavy atom. The molecule has 6 heteroatoms. The highest BCUT2D eigenvalue weighted by atomic mass is 19.4. The summed E-state index contributed by atoms with van der Waals surface area (Å²) in [5, 5.41) is 0. The van der Waals surface area contributed by atoms with E-state index in [0.717, 1.165) is 6.07 Å². The average Bonchev–Trinajstić information content (AvgIpc) is 2.72. The number of para-hydroxylation sites is 1. The second-order valence-electron chi connectivity index (χ2n) is 6.46. The molecule has 0 aromatic heterocycles. The molecular formula is C24H22F3NO2.